The fourth-order valence-electron chi connectivity index (χ4n) is 3.34. The van der Waals surface area contributed by atoms with Crippen LogP contribution in [0.4, 0.5) is 4.39 Å². The van der Waals surface area contributed by atoms with Gasteiger partial charge in [0.2, 0.25) is 10.0 Å². The monoisotopic (exact) mass is 451 g/mol. The van der Waals surface area contributed by atoms with Crippen molar-refractivity contribution in [2.45, 2.75) is 38.1 Å². The Morgan fingerprint density at radius 2 is 1.44 bits per heavy atom. The SMILES string of the molecule is CC/C=C(/C(=O)c1ccc(F)cc1)C(NS(=O)(=O)c1ccc(C)cc1)c1ccc(C)cc1. The molecule has 4 nitrogen and oxygen atoms in total. The molecule has 166 valence electrons. The molecule has 0 heterocycles. The van der Waals surface area contributed by atoms with Crippen LogP contribution in [0.15, 0.2) is 89.3 Å². The Morgan fingerprint density at radius 3 is 1.97 bits per heavy atom. The Balaban J connectivity index is 2.08. The molecular weight excluding hydrogens is 425 g/mol. The van der Waals surface area contributed by atoms with Gasteiger partial charge in [0.25, 0.3) is 0 Å². The Morgan fingerprint density at radius 1 is 0.906 bits per heavy atom. The van der Waals surface area contributed by atoms with Gasteiger partial charge in [0.05, 0.1) is 10.9 Å². The number of carbonyl (C=O) groups is 1. The molecule has 0 aromatic heterocycles. The van der Waals surface area contributed by atoms with Crippen LogP contribution in [-0.4, -0.2) is 14.2 Å². The maximum atomic E-state index is 13.4. The fourth-order valence-corrected chi connectivity index (χ4v) is 4.54. The number of carbonyl (C=O) groups excluding carboxylic acids is 1. The van der Waals surface area contributed by atoms with Crippen LogP contribution in [0, 0.1) is 19.7 Å². The third-order valence-corrected chi connectivity index (χ3v) is 6.56. The van der Waals surface area contributed by atoms with Gasteiger partial charge >= 0.3 is 0 Å². The first-order valence-corrected chi connectivity index (χ1v) is 11.9. The molecule has 0 aliphatic heterocycles. The number of benzene rings is 3. The van der Waals surface area contributed by atoms with Gasteiger partial charge in [-0.25, -0.2) is 12.8 Å². The van der Waals surface area contributed by atoms with Crippen LogP contribution in [0.5, 0.6) is 0 Å². The maximum Gasteiger partial charge on any atom is 0.241 e. The van der Waals surface area contributed by atoms with Crippen molar-refractivity contribution in [1.29, 1.82) is 0 Å². The average molecular weight is 452 g/mol. The summed E-state index contributed by atoms with van der Waals surface area (Å²) in [5.74, 6) is -0.804. The van der Waals surface area contributed by atoms with E-state index in [2.05, 4.69) is 4.72 Å². The highest BCUT2D eigenvalue weighted by molar-refractivity contribution is 7.89. The van der Waals surface area contributed by atoms with E-state index in [-0.39, 0.29) is 16.2 Å². The first-order chi connectivity index (χ1) is 15.2. The van der Waals surface area contributed by atoms with Crippen molar-refractivity contribution in [3.63, 3.8) is 0 Å². The summed E-state index contributed by atoms with van der Waals surface area (Å²) in [4.78, 5) is 13.5. The third-order valence-electron chi connectivity index (χ3n) is 5.12. The lowest BCUT2D eigenvalue weighted by Crippen LogP contribution is -2.32. The molecule has 0 amide bonds. The second kappa shape index (κ2) is 10.0. The lowest BCUT2D eigenvalue weighted by atomic mass is 9.91. The highest BCUT2D eigenvalue weighted by atomic mass is 32.2. The number of hydrogen-bond acceptors (Lipinski definition) is 3. The Kier molecular flexibility index (Phi) is 7.38. The van der Waals surface area contributed by atoms with E-state index in [0.717, 1.165) is 11.1 Å². The summed E-state index contributed by atoms with van der Waals surface area (Å²) in [5, 5.41) is 0. The van der Waals surface area contributed by atoms with Gasteiger partial charge in [-0.1, -0.05) is 60.5 Å². The van der Waals surface area contributed by atoms with Gasteiger partial charge in [-0.15, -0.1) is 0 Å². The van der Waals surface area contributed by atoms with Crippen molar-refractivity contribution in [3.05, 3.63) is 113 Å². The van der Waals surface area contributed by atoms with Gasteiger partial charge in [-0.3, -0.25) is 4.79 Å². The zero-order valence-electron chi connectivity index (χ0n) is 18.3. The van der Waals surface area contributed by atoms with Crippen LogP contribution in [0.25, 0.3) is 0 Å². The minimum atomic E-state index is -3.92. The fraction of sp³-hybridized carbons (Fsp3) is 0.192. The second-order valence-corrected chi connectivity index (χ2v) is 9.40. The number of aryl methyl sites for hydroxylation is 2. The van der Waals surface area contributed by atoms with Crippen molar-refractivity contribution in [3.8, 4) is 0 Å². The van der Waals surface area contributed by atoms with E-state index in [1.165, 1.54) is 36.4 Å². The zero-order chi connectivity index (χ0) is 23.3. The molecule has 1 atom stereocenters. The van der Waals surface area contributed by atoms with Crippen molar-refractivity contribution in [2.75, 3.05) is 0 Å². The predicted molar refractivity (Wildman–Crippen MR) is 125 cm³/mol. The first kappa shape index (κ1) is 23.6. The minimum Gasteiger partial charge on any atom is -0.289 e. The molecule has 3 aromatic rings. The summed E-state index contributed by atoms with van der Waals surface area (Å²) in [6.07, 6.45) is 2.24. The van der Waals surface area contributed by atoms with E-state index in [4.69, 9.17) is 0 Å². The highest BCUT2D eigenvalue weighted by Crippen LogP contribution is 2.28. The number of rotatable bonds is 8. The normalized spacial score (nSPS) is 13.1. The van der Waals surface area contributed by atoms with Crippen LogP contribution >= 0.6 is 0 Å². The van der Waals surface area contributed by atoms with Crippen LogP contribution in [0.1, 0.15) is 46.4 Å². The molecular formula is C26H26FNO3S. The van der Waals surface area contributed by atoms with Gasteiger partial charge < -0.3 is 0 Å². The molecule has 0 fully saturated rings. The average Bonchev–Trinajstić information content (AvgIpc) is 2.77. The van der Waals surface area contributed by atoms with Gasteiger partial charge in [0.15, 0.2) is 5.78 Å². The number of sulfonamides is 1. The largest absolute Gasteiger partial charge is 0.289 e. The first-order valence-electron chi connectivity index (χ1n) is 10.4. The molecule has 0 aliphatic rings. The quantitative estimate of drug-likeness (QED) is 0.354. The maximum absolute atomic E-state index is 13.4. The molecule has 1 unspecified atom stereocenters. The molecule has 0 spiro atoms. The Labute approximate surface area is 188 Å². The van der Waals surface area contributed by atoms with Crippen LogP contribution in [-0.2, 0) is 10.0 Å². The summed E-state index contributed by atoms with van der Waals surface area (Å²) >= 11 is 0. The molecule has 0 saturated heterocycles. The minimum absolute atomic E-state index is 0.116. The number of ketones is 1. The summed E-state index contributed by atoms with van der Waals surface area (Å²) < 4.78 is 42.5. The molecule has 0 radical (unpaired) electrons. The van der Waals surface area contributed by atoms with Crippen LogP contribution in [0.3, 0.4) is 0 Å². The van der Waals surface area contributed by atoms with Crippen molar-refractivity contribution in [2.24, 2.45) is 0 Å². The van der Waals surface area contributed by atoms with Gasteiger partial charge in [0, 0.05) is 11.1 Å². The van der Waals surface area contributed by atoms with Gasteiger partial charge in [-0.05, 0) is 62.2 Å². The number of Topliss-reactive ketones (excluding diaryl/α,β-unsaturated/α-hetero) is 1. The summed E-state index contributed by atoms with van der Waals surface area (Å²) in [7, 11) is -3.92. The number of halogens is 1. The molecule has 0 bridgehead atoms. The number of nitrogens with one attached hydrogen (secondary N) is 1. The zero-order valence-corrected chi connectivity index (χ0v) is 19.1. The Bertz CT molecular complexity index is 1210. The van der Waals surface area contributed by atoms with Gasteiger partial charge in [-0.2, -0.15) is 4.72 Å². The van der Waals surface area contributed by atoms with Crippen molar-refractivity contribution < 1.29 is 17.6 Å². The van der Waals surface area contributed by atoms with E-state index in [1.54, 1.807) is 30.3 Å². The molecule has 6 heteroatoms. The molecule has 32 heavy (non-hydrogen) atoms. The molecule has 1 N–H and O–H groups in total. The van der Waals surface area contributed by atoms with E-state index in [9.17, 15) is 17.6 Å². The third kappa shape index (κ3) is 5.58. The highest BCUT2D eigenvalue weighted by Gasteiger charge is 2.28. The topological polar surface area (TPSA) is 63.2 Å². The van der Waals surface area contributed by atoms with E-state index >= 15 is 0 Å². The van der Waals surface area contributed by atoms with E-state index in [0.29, 0.717) is 17.6 Å². The summed E-state index contributed by atoms with van der Waals surface area (Å²) in [6.45, 7) is 5.68. The lowest BCUT2D eigenvalue weighted by Gasteiger charge is -2.22. The molecule has 0 aliphatic carbocycles. The predicted octanol–water partition coefficient (Wildman–Crippen LogP) is 5.68. The summed E-state index contributed by atoms with van der Waals surface area (Å²) in [5.41, 5.74) is 3.18. The van der Waals surface area contributed by atoms with E-state index < -0.39 is 21.9 Å². The summed E-state index contributed by atoms with van der Waals surface area (Å²) in [6, 6.07) is 18.2. The second-order valence-electron chi connectivity index (χ2n) is 7.68. The molecule has 0 saturated carbocycles. The standard InChI is InChI=1S/C26H26FNO3S/c1-4-5-24(26(29)21-12-14-22(27)15-13-21)25(20-10-6-18(2)7-11-20)28-32(30,31)23-16-8-19(3)9-17-23/h5-17,25,28H,4H2,1-3H3/b24-5+. The van der Waals surface area contributed by atoms with Crippen LogP contribution < -0.4 is 4.72 Å². The number of hydrogen-bond donors (Lipinski definition) is 1. The van der Waals surface area contributed by atoms with Crippen molar-refractivity contribution in [1.82, 2.24) is 4.72 Å². The number of allylic oxidation sites excluding steroid dienone is 1. The van der Waals surface area contributed by atoms with Crippen LogP contribution in [0.2, 0.25) is 0 Å². The lowest BCUT2D eigenvalue weighted by molar-refractivity contribution is 0.102. The van der Waals surface area contributed by atoms with Gasteiger partial charge in [0.1, 0.15) is 5.82 Å². The smallest absolute Gasteiger partial charge is 0.241 e. The van der Waals surface area contributed by atoms with Crippen molar-refractivity contribution >= 4 is 15.8 Å². The molecule has 3 rings (SSSR count). The molecule has 3 aromatic carbocycles. The Hall–Kier alpha value is -3.09. The van der Waals surface area contributed by atoms with E-state index in [1.807, 2.05) is 32.9 Å².